The number of methoxy groups -OCH3 is 1. The Labute approximate surface area is 186 Å². The maximum absolute atomic E-state index is 12.5. The fraction of sp³-hybridized carbons (Fsp3) is 0.500. The number of nitrogens with zero attached hydrogens (tertiary/aromatic N) is 1. The maximum Gasteiger partial charge on any atom is 0.256 e. The number of aryl methyl sites for hydroxylation is 1. The van der Waals surface area contributed by atoms with Gasteiger partial charge in [-0.2, -0.15) is 0 Å². The van der Waals surface area contributed by atoms with Crippen molar-refractivity contribution in [3.8, 4) is 5.75 Å². The van der Waals surface area contributed by atoms with Gasteiger partial charge in [0.1, 0.15) is 12.0 Å². The lowest BCUT2D eigenvalue weighted by molar-refractivity contribution is -0.0128. The minimum Gasteiger partial charge on any atom is -0.496 e. The van der Waals surface area contributed by atoms with E-state index in [-0.39, 0.29) is 18.0 Å². The fourth-order valence-corrected chi connectivity index (χ4v) is 5.18. The van der Waals surface area contributed by atoms with E-state index in [1.54, 1.807) is 13.2 Å². The van der Waals surface area contributed by atoms with Gasteiger partial charge >= 0.3 is 0 Å². The molecule has 0 aliphatic carbocycles. The molecule has 0 spiro atoms. The van der Waals surface area contributed by atoms with Gasteiger partial charge in [0.25, 0.3) is 5.56 Å². The van der Waals surface area contributed by atoms with E-state index in [4.69, 9.17) is 27.9 Å². The number of halogens is 2. The fourth-order valence-electron chi connectivity index (χ4n) is 4.42. The quantitative estimate of drug-likeness (QED) is 0.649. The Bertz CT molecular complexity index is 1020. The van der Waals surface area contributed by atoms with Crippen LogP contribution in [0.3, 0.4) is 0 Å². The average molecular weight is 452 g/mol. The molecule has 2 aliphatic rings. The summed E-state index contributed by atoms with van der Waals surface area (Å²) >= 11 is 13.4. The van der Waals surface area contributed by atoms with Crippen LogP contribution in [0, 0.1) is 12.8 Å². The molecule has 6 nitrogen and oxygen atoms in total. The molecule has 1 aromatic carbocycles. The molecule has 0 bridgehead atoms. The van der Waals surface area contributed by atoms with Crippen molar-refractivity contribution < 1.29 is 9.84 Å². The lowest BCUT2D eigenvalue weighted by Crippen LogP contribution is -2.44. The Morgan fingerprint density at radius 1 is 1.33 bits per heavy atom. The van der Waals surface area contributed by atoms with Crippen molar-refractivity contribution in [3.63, 3.8) is 0 Å². The Kier molecular flexibility index (Phi) is 6.15. The third-order valence-electron chi connectivity index (χ3n) is 6.46. The van der Waals surface area contributed by atoms with Gasteiger partial charge in [-0.05, 0) is 61.5 Å². The standard InChI is InChI=1S/C22H27Cl2N3O3/c1-11-6-18(30-3)16(21(28)26-11)10-27-5-4-14-17(23)7-15(12(2)13-8-25-9-13)20(24)19(14)22(27)29/h6-7,12-13,22,25,29H,4-5,8-10H2,1-3H3,(H,26,28). The van der Waals surface area contributed by atoms with Crippen LogP contribution in [0.2, 0.25) is 10.0 Å². The second-order valence-corrected chi connectivity index (χ2v) is 9.07. The van der Waals surface area contributed by atoms with Gasteiger partial charge in [-0.1, -0.05) is 30.1 Å². The number of H-pyrrole nitrogens is 1. The van der Waals surface area contributed by atoms with Crippen molar-refractivity contribution in [2.24, 2.45) is 5.92 Å². The zero-order valence-electron chi connectivity index (χ0n) is 17.4. The van der Waals surface area contributed by atoms with E-state index < -0.39 is 6.23 Å². The van der Waals surface area contributed by atoms with E-state index in [2.05, 4.69) is 17.2 Å². The van der Waals surface area contributed by atoms with E-state index >= 15 is 0 Å². The van der Waals surface area contributed by atoms with Crippen molar-refractivity contribution in [2.75, 3.05) is 26.7 Å². The van der Waals surface area contributed by atoms with Crippen LogP contribution in [0.5, 0.6) is 5.75 Å². The van der Waals surface area contributed by atoms with Crippen LogP contribution in [0.15, 0.2) is 16.9 Å². The number of fused-ring (bicyclic) bond motifs is 1. The molecule has 0 saturated carbocycles. The Hall–Kier alpha value is -1.57. The second-order valence-electron chi connectivity index (χ2n) is 8.28. The topological polar surface area (TPSA) is 77.6 Å². The molecule has 8 heteroatoms. The summed E-state index contributed by atoms with van der Waals surface area (Å²) in [5, 5.41) is 15.7. The molecular weight excluding hydrogens is 425 g/mol. The first-order valence-electron chi connectivity index (χ1n) is 10.2. The van der Waals surface area contributed by atoms with Gasteiger partial charge in [-0.25, -0.2) is 0 Å². The number of rotatable bonds is 5. The molecule has 1 aromatic heterocycles. The molecular formula is C22H27Cl2N3O3. The van der Waals surface area contributed by atoms with Crippen molar-refractivity contribution in [2.45, 2.75) is 39.0 Å². The van der Waals surface area contributed by atoms with Crippen LogP contribution in [-0.4, -0.2) is 41.7 Å². The van der Waals surface area contributed by atoms with Crippen molar-refractivity contribution in [1.29, 1.82) is 0 Å². The summed E-state index contributed by atoms with van der Waals surface area (Å²) in [4.78, 5) is 17.2. The highest BCUT2D eigenvalue weighted by atomic mass is 35.5. The van der Waals surface area contributed by atoms with Crippen LogP contribution in [0.4, 0.5) is 0 Å². The van der Waals surface area contributed by atoms with E-state index in [1.807, 2.05) is 17.9 Å². The molecule has 2 atom stereocenters. The van der Waals surface area contributed by atoms with Gasteiger partial charge in [0.2, 0.25) is 0 Å². The zero-order chi connectivity index (χ0) is 21.6. The lowest BCUT2D eigenvalue weighted by atomic mass is 9.81. The van der Waals surface area contributed by atoms with Gasteiger partial charge in [-0.3, -0.25) is 9.69 Å². The largest absolute Gasteiger partial charge is 0.496 e. The van der Waals surface area contributed by atoms with Crippen LogP contribution >= 0.6 is 23.2 Å². The molecule has 30 heavy (non-hydrogen) atoms. The van der Waals surface area contributed by atoms with Gasteiger partial charge < -0.3 is 20.1 Å². The summed E-state index contributed by atoms with van der Waals surface area (Å²) in [6, 6.07) is 3.75. The number of aromatic nitrogens is 1. The summed E-state index contributed by atoms with van der Waals surface area (Å²) in [7, 11) is 1.54. The van der Waals surface area contributed by atoms with E-state index in [1.165, 1.54) is 0 Å². The third-order valence-corrected chi connectivity index (χ3v) is 7.22. The van der Waals surface area contributed by atoms with E-state index in [9.17, 15) is 9.90 Å². The average Bonchev–Trinajstić information content (AvgIpc) is 2.66. The molecule has 3 heterocycles. The van der Waals surface area contributed by atoms with Crippen LogP contribution < -0.4 is 15.6 Å². The van der Waals surface area contributed by atoms with Crippen molar-refractivity contribution in [1.82, 2.24) is 15.2 Å². The smallest absolute Gasteiger partial charge is 0.256 e. The Balaban J connectivity index is 1.69. The number of benzene rings is 1. The number of aromatic amines is 1. The Morgan fingerprint density at radius 2 is 2.07 bits per heavy atom. The Morgan fingerprint density at radius 3 is 2.70 bits per heavy atom. The highest BCUT2D eigenvalue weighted by Crippen LogP contribution is 2.44. The molecule has 0 radical (unpaired) electrons. The molecule has 0 amide bonds. The predicted molar refractivity (Wildman–Crippen MR) is 119 cm³/mol. The number of nitrogens with one attached hydrogen (secondary N) is 2. The molecule has 3 N–H and O–H groups in total. The minimum absolute atomic E-state index is 0.214. The van der Waals surface area contributed by atoms with Crippen LogP contribution in [-0.2, 0) is 13.0 Å². The number of pyridine rings is 1. The van der Waals surface area contributed by atoms with Gasteiger partial charge in [-0.15, -0.1) is 0 Å². The van der Waals surface area contributed by atoms with E-state index in [0.717, 1.165) is 29.9 Å². The normalized spacial score (nSPS) is 20.5. The lowest BCUT2D eigenvalue weighted by Gasteiger charge is -2.38. The molecule has 1 saturated heterocycles. The van der Waals surface area contributed by atoms with Gasteiger partial charge in [0, 0.05) is 29.4 Å². The van der Waals surface area contributed by atoms with Crippen molar-refractivity contribution >= 4 is 23.2 Å². The number of aliphatic hydroxyl groups is 1. The van der Waals surface area contributed by atoms with Gasteiger partial charge in [0.05, 0.1) is 17.7 Å². The summed E-state index contributed by atoms with van der Waals surface area (Å²) in [5.41, 5.74) is 3.51. The first-order valence-corrected chi connectivity index (χ1v) is 11.0. The molecule has 2 aliphatic heterocycles. The van der Waals surface area contributed by atoms with Crippen molar-refractivity contribution in [3.05, 3.63) is 60.5 Å². The first kappa shape index (κ1) is 21.7. The molecule has 4 rings (SSSR count). The number of hydrogen-bond donors (Lipinski definition) is 3. The molecule has 2 unspecified atom stereocenters. The monoisotopic (exact) mass is 451 g/mol. The van der Waals surface area contributed by atoms with Crippen LogP contribution in [0.1, 0.15) is 47.0 Å². The number of ether oxygens (including phenoxy) is 1. The summed E-state index contributed by atoms with van der Waals surface area (Å²) in [6.07, 6.45) is -0.299. The summed E-state index contributed by atoms with van der Waals surface area (Å²) in [6.45, 7) is 6.68. The maximum atomic E-state index is 12.5. The third kappa shape index (κ3) is 3.76. The molecule has 1 fully saturated rings. The first-order chi connectivity index (χ1) is 14.3. The minimum atomic E-state index is -0.948. The summed E-state index contributed by atoms with van der Waals surface area (Å²) in [5.74, 6) is 1.26. The molecule has 2 aromatic rings. The van der Waals surface area contributed by atoms with Crippen LogP contribution in [0.25, 0.3) is 0 Å². The number of aliphatic hydroxyl groups excluding tert-OH is 1. The molecule has 162 valence electrons. The van der Waals surface area contributed by atoms with E-state index in [0.29, 0.717) is 45.8 Å². The number of hydrogen-bond acceptors (Lipinski definition) is 5. The second kappa shape index (κ2) is 8.52. The zero-order valence-corrected chi connectivity index (χ0v) is 18.9. The predicted octanol–water partition coefficient (Wildman–Crippen LogP) is 3.37. The highest BCUT2D eigenvalue weighted by molar-refractivity contribution is 6.35. The highest BCUT2D eigenvalue weighted by Gasteiger charge is 2.34. The van der Waals surface area contributed by atoms with Gasteiger partial charge in [0.15, 0.2) is 0 Å². The summed E-state index contributed by atoms with van der Waals surface area (Å²) < 4.78 is 5.41. The SMILES string of the molecule is COc1cc(C)[nH]c(=O)c1CN1CCc2c(Cl)cc(C(C)C3CNC3)c(Cl)c2C1O.